The van der Waals surface area contributed by atoms with Crippen molar-refractivity contribution in [1.29, 1.82) is 0 Å². The number of hydrogen-bond acceptors (Lipinski definition) is 5. The van der Waals surface area contributed by atoms with Crippen molar-refractivity contribution < 1.29 is 19.4 Å². The molecule has 2 aromatic carbocycles. The molecule has 1 heterocycles. The minimum Gasteiger partial charge on any atom is -0.508 e. The van der Waals surface area contributed by atoms with E-state index in [9.17, 15) is 14.7 Å². The summed E-state index contributed by atoms with van der Waals surface area (Å²) < 4.78 is 5.17. The molecule has 0 bridgehead atoms. The highest BCUT2D eigenvalue weighted by Crippen LogP contribution is 2.20. The second-order valence-corrected chi connectivity index (χ2v) is 8.49. The van der Waals surface area contributed by atoms with E-state index in [1.807, 2.05) is 36.4 Å². The molecule has 0 amide bonds. The Morgan fingerprint density at radius 3 is 1.84 bits per heavy atom. The van der Waals surface area contributed by atoms with Crippen LogP contribution in [0.1, 0.15) is 56.1 Å². The van der Waals surface area contributed by atoms with Crippen molar-refractivity contribution in [1.82, 2.24) is 5.32 Å². The zero-order chi connectivity index (χ0) is 22.1. The van der Waals surface area contributed by atoms with Gasteiger partial charge in [-0.3, -0.25) is 9.59 Å². The number of phenols is 1. The Bertz CT molecular complexity index is 845. The van der Waals surface area contributed by atoms with Crippen molar-refractivity contribution >= 4 is 11.6 Å². The van der Waals surface area contributed by atoms with Crippen LogP contribution in [0.5, 0.6) is 11.5 Å². The Morgan fingerprint density at radius 1 is 0.871 bits per heavy atom. The summed E-state index contributed by atoms with van der Waals surface area (Å²) in [5.41, 5.74) is 2.20. The van der Waals surface area contributed by atoms with Gasteiger partial charge >= 0.3 is 0 Å². The van der Waals surface area contributed by atoms with Gasteiger partial charge in [0.15, 0.2) is 0 Å². The summed E-state index contributed by atoms with van der Waals surface area (Å²) in [5, 5.41) is 12.9. The average molecular weight is 424 g/mol. The first-order valence-corrected chi connectivity index (χ1v) is 11.2. The Kier molecular flexibility index (Phi) is 8.65. The highest BCUT2D eigenvalue weighted by Gasteiger charge is 2.24. The van der Waals surface area contributed by atoms with Crippen LogP contribution in [0, 0.1) is 0 Å². The first-order chi connectivity index (χ1) is 15.0. The summed E-state index contributed by atoms with van der Waals surface area (Å²) in [6, 6.07) is 15.2. The third-order valence-corrected chi connectivity index (χ3v) is 6.01. The maximum absolute atomic E-state index is 12.5. The van der Waals surface area contributed by atoms with Gasteiger partial charge in [0.05, 0.1) is 7.11 Å². The smallest absolute Gasteiger partial charge is 0.134 e. The zero-order valence-corrected chi connectivity index (χ0v) is 18.3. The largest absolute Gasteiger partial charge is 0.508 e. The topological polar surface area (TPSA) is 75.6 Å². The van der Waals surface area contributed by atoms with Gasteiger partial charge in [-0.25, -0.2) is 0 Å². The molecule has 1 saturated heterocycles. The molecule has 0 aliphatic carbocycles. The molecule has 5 nitrogen and oxygen atoms in total. The van der Waals surface area contributed by atoms with E-state index in [-0.39, 0.29) is 29.4 Å². The van der Waals surface area contributed by atoms with E-state index in [0.29, 0.717) is 32.1 Å². The Labute approximate surface area is 184 Å². The number of Topliss-reactive ketones (excluding diaryl/α,β-unsaturated/α-hetero) is 2. The molecular formula is C26H33NO4. The van der Waals surface area contributed by atoms with Gasteiger partial charge < -0.3 is 15.2 Å². The number of aryl methyl sites for hydroxylation is 2. The van der Waals surface area contributed by atoms with Gasteiger partial charge in [0, 0.05) is 37.8 Å². The van der Waals surface area contributed by atoms with Crippen LogP contribution in [-0.4, -0.2) is 35.9 Å². The number of carbonyl (C=O) groups excluding carboxylic acids is 2. The lowest BCUT2D eigenvalue weighted by molar-refractivity contribution is -0.119. The summed E-state index contributed by atoms with van der Waals surface area (Å²) in [5.74, 6) is 1.58. The van der Waals surface area contributed by atoms with Gasteiger partial charge in [0.25, 0.3) is 0 Å². The zero-order valence-electron chi connectivity index (χ0n) is 18.3. The van der Waals surface area contributed by atoms with Crippen LogP contribution < -0.4 is 10.1 Å². The van der Waals surface area contributed by atoms with Crippen LogP contribution in [0.2, 0.25) is 0 Å². The fourth-order valence-electron chi connectivity index (χ4n) is 4.21. The van der Waals surface area contributed by atoms with E-state index in [4.69, 9.17) is 4.74 Å². The molecule has 31 heavy (non-hydrogen) atoms. The number of rotatable bonds is 11. The predicted molar refractivity (Wildman–Crippen MR) is 122 cm³/mol. The lowest BCUT2D eigenvalue weighted by Gasteiger charge is -2.30. The average Bonchev–Trinajstić information content (AvgIpc) is 2.78. The van der Waals surface area contributed by atoms with Gasteiger partial charge in [-0.15, -0.1) is 0 Å². The van der Waals surface area contributed by atoms with Crippen LogP contribution in [0.3, 0.4) is 0 Å². The lowest BCUT2D eigenvalue weighted by Crippen LogP contribution is -2.44. The summed E-state index contributed by atoms with van der Waals surface area (Å²) >= 11 is 0. The Hall–Kier alpha value is -2.66. The summed E-state index contributed by atoms with van der Waals surface area (Å²) in [6.45, 7) is 0. The standard InChI is InChI=1S/C26H33NO4/c1-31-26-15-9-20(10-16-26)8-14-25(30)18-22-4-2-3-21(27-22)17-24(29)13-7-19-5-11-23(28)12-6-19/h5-6,9-12,15-16,21-22,27-28H,2-4,7-8,13-14,17-18H2,1H3/t21-,22+/m0/s1. The molecule has 0 unspecified atom stereocenters. The third kappa shape index (κ3) is 7.83. The number of benzene rings is 2. The monoisotopic (exact) mass is 423 g/mol. The molecular weight excluding hydrogens is 390 g/mol. The summed E-state index contributed by atoms with van der Waals surface area (Å²) in [6.07, 6.45) is 6.58. The van der Waals surface area contributed by atoms with Crippen molar-refractivity contribution in [2.75, 3.05) is 7.11 Å². The molecule has 1 aliphatic heterocycles. The molecule has 2 atom stereocenters. The van der Waals surface area contributed by atoms with Crippen molar-refractivity contribution in [3.05, 3.63) is 59.7 Å². The SMILES string of the molecule is COc1ccc(CCC(=O)C[C@H]2CCC[C@@H](CC(=O)CCc3ccc(O)cc3)N2)cc1. The van der Waals surface area contributed by atoms with Crippen molar-refractivity contribution in [3.8, 4) is 11.5 Å². The van der Waals surface area contributed by atoms with E-state index in [1.54, 1.807) is 19.2 Å². The van der Waals surface area contributed by atoms with E-state index in [1.165, 1.54) is 0 Å². The van der Waals surface area contributed by atoms with E-state index < -0.39 is 0 Å². The fraction of sp³-hybridized carbons (Fsp3) is 0.462. The molecule has 1 aliphatic rings. The number of ether oxygens (including phenoxy) is 1. The van der Waals surface area contributed by atoms with Crippen molar-refractivity contribution in [2.45, 2.75) is 69.9 Å². The number of aromatic hydroxyl groups is 1. The van der Waals surface area contributed by atoms with Crippen LogP contribution in [0.15, 0.2) is 48.5 Å². The minimum absolute atomic E-state index is 0.167. The van der Waals surface area contributed by atoms with Gasteiger partial charge in [-0.2, -0.15) is 0 Å². The first-order valence-electron chi connectivity index (χ1n) is 11.2. The number of hydrogen-bond donors (Lipinski definition) is 2. The van der Waals surface area contributed by atoms with Crippen LogP contribution in [0.25, 0.3) is 0 Å². The quantitative estimate of drug-likeness (QED) is 0.560. The fourth-order valence-corrected chi connectivity index (χ4v) is 4.21. The number of carbonyl (C=O) groups is 2. The molecule has 0 saturated carbocycles. The summed E-state index contributed by atoms with van der Waals surface area (Å²) in [7, 11) is 1.65. The number of nitrogens with one attached hydrogen (secondary N) is 1. The minimum atomic E-state index is 0.167. The third-order valence-electron chi connectivity index (χ3n) is 6.01. The molecule has 2 N–H and O–H groups in total. The Balaban J connectivity index is 1.37. The molecule has 0 radical (unpaired) electrons. The number of phenolic OH excluding ortho intramolecular Hbond substituents is 1. The van der Waals surface area contributed by atoms with Gasteiger partial charge in [-0.05, 0) is 61.1 Å². The number of methoxy groups -OCH3 is 1. The van der Waals surface area contributed by atoms with E-state index >= 15 is 0 Å². The lowest BCUT2D eigenvalue weighted by atomic mass is 9.91. The molecule has 0 aromatic heterocycles. The highest BCUT2D eigenvalue weighted by atomic mass is 16.5. The van der Waals surface area contributed by atoms with E-state index in [2.05, 4.69) is 5.32 Å². The molecule has 2 aromatic rings. The molecule has 3 rings (SSSR count). The second-order valence-electron chi connectivity index (χ2n) is 8.49. The van der Waals surface area contributed by atoms with Gasteiger partial charge in [0.1, 0.15) is 23.1 Å². The normalized spacial score (nSPS) is 18.5. The first kappa shape index (κ1) is 23.0. The number of piperidine rings is 1. The molecule has 166 valence electrons. The maximum atomic E-state index is 12.5. The van der Waals surface area contributed by atoms with Crippen LogP contribution >= 0.6 is 0 Å². The number of ketones is 2. The molecule has 5 heteroatoms. The van der Waals surface area contributed by atoms with Crippen molar-refractivity contribution in [3.63, 3.8) is 0 Å². The van der Waals surface area contributed by atoms with E-state index in [0.717, 1.165) is 42.6 Å². The Morgan fingerprint density at radius 2 is 1.35 bits per heavy atom. The molecule has 1 fully saturated rings. The van der Waals surface area contributed by atoms with Crippen LogP contribution in [0.4, 0.5) is 0 Å². The predicted octanol–water partition coefficient (Wildman–Crippen LogP) is 4.40. The van der Waals surface area contributed by atoms with Gasteiger partial charge in [0.2, 0.25) is 0 Å². The van der Waals surface area contributed by atoms with Crippen molar-refractivity contribution in [2.24, 2.45) is 0 Å². The van der Waals surface area contributed by atoms with Gasteiger partial charge in [-0.1, -0.05) is 30.7 Å². The molecule has 0 spiro atoms. The van der Waals surface area contributed by atoms with Crippen LogP contribution in [-0.2, 0) is 22.4 Å². The maximum Gasteiger partial charge on any atom is 0.134 e. The summed E-state index contributed by atoms with van der Waals surface area (Å²) in [4.78, 5) is 24.9. The second kappa shape index (κ2) is 11.7. The highest BCUT2D eigenvalue weighted by molar-refractivity contribution is 5.80.